The standard InChI is InChI=1S/C21H20N2O3/c24-17(22-10-4-3-6-13-5-1-2-7-16(13)22)12-23-20(25)18-14-8-9-15(11-14)19(18)21(23)26/h1-3,5-9,14-15,18-19H,4,10-12H2/t14-,15-,18-,19-/m0/s1. The quantitative estimate of drug-likeness (QED) is 0.608. The van der Waals surface area contributed by atoms with Gasteiger partial charge in [-0.15, -0.1) is 0 Å². The largest absolute Gasteiger partial charge is 0.310 e. The van der Waals surface area contributed by atoms with E-state index in [2.05, 4.69) is 12.2 Å². The van der Waals surface area contributed by atoms with Gasteiger partial charge in [0.2, 0.25) is 17.7 Å². The molecule has 1 saturated heterocycles. The molecular formula is C21H20N2O3. The zero-order chi connectivity index (χ0) is 17.8. The number of para-hydroxylation sites is 1. The summed E-state index contributed by atoms with van der Waals surface area (Å²) in [6.07, 6.45) is 9.86. The van der Waals surface area contributed by atoms with Crippen molar-refractivity contribution < 1.29 is 14.4 Å². The van der Waals surface area contributed by atoms with Crippen LogP contribution in [0.15, 0.2) is 42.5 Å². The highest BCUT2D eigenvalue weighted by atomic mass is 16.2. The number of benzene rings is 1. The summed E-state index contributed by atoms with van der Waals surface area (Å²) in [4.78, 5) is 41.5. The fourth-order valence-electron chi connectivity index (χ4n) is 5.01. The molecule has 2 fully saturated rings. The number of amides is 3. The topological polar surface area (TPSA) is 57.7 Å². The minimum atomic E-state index is -0.247. The molecule has 1 saturated carbocycles. The van der Waals surface area contributed by atoms with Crippen LogP contribution in [-0.4, -0.2) is 35.7 Å². The summed E-state index contributed by atoms with van der Waals surface area (Å²) in [5.41, 5.74) is 1.82. The molecule has 0 radical (unpaired) electrons. The summed E-state index contributed by atoms with van der Waals surface area (Å²) in [6.45, 7) is 0.403. The van der Waals surface area contributed by atoms with Crippen molar-refractivity contribution in [1.82, 2.24) is 4.90 Å². The van der Waals surface area contributed by atoms with Crippen molar-refractivity contribution in [2.24, 2.45) is 23.7 Å². The Balaban J connectivity index is 1.39. The van der Waals surface area contributed by atoms with E-state index in [4.69, 9.17) is 0 Å². The molecule has 132 valence electrons. The van der Waals surface area contributed by atoms with Crippen molar-refractivity contribution in [2.45, 2.75) is 12.8 Å². The van der Waals surface area contributed by atoms with Gasteiger partial charge in [-0.1, -0.05) is 42.5 Å². The Morgan fingerprint density at radius 1 is 1.04 bits per heavy atom. The molecule has 0 aromatic heterocycles. The molecule has 0 spiro atoms. The van der Waals surface area contributed by atoms with Gasteiger partial charge in [0.15, 0.2) is 0 Å². The van der Waals surface area contributed by atoms with Gasteiger partial charge in [-0.25, -0.2) is 0 Å². The molecule has 1 aromatic carbocycles. The van der Waals surface area contributed by atoms with E-state index >= 15 is 0 Å². The van der Waals surface area contributed by atoms with Crippen LogP contribution in [0.3, 0.4) is 0 Å². The van der Waals surface area contributed by atoms with Crippen LogP contribution in [0, 0.1) is 23.7 Å². The number of nitrogens with zero attached hydrogens (tertiary/aromatic N) is 2. The Hall–Kier alpha value is -2.69. The SMILES string of the molecule is O=C1[C@@H]2[C@@H](C(=O)N1CC(=O)N1CCC=Cc3ccccc31)[C@H]1C=C[C@H]2C1. The molecule has 2 heterocycles. The summed E-state index contributed by atoms with van der Waals surface area (Å²) in [5.74, 6) is -0.665. The molecule has 5 heteroatoms. The van der Waals surface area contributed by atoms with Gasteiger partial charge in [0.25, 0.3) is 0 Å². The highest BCUT2D eigenvalue weighted by molar-refractivity contribution is 6.10. The summed E-state index contributed by atoms with van der Waals surface area (Å²) in [7, 11) is 0. The van der Waals surface area contributed by atoms with E-state index < -0.39 is 0 Å². The fourth-order valence-corrected chi connectivity index (χ4v) is 5.01. The molecule has 2 aliphatic heterocycles. The van der Waals surface area contributed by atoms with Crippen molar-refractivity contribution >= 4 is 29.5 Å². The molecular weight excluding hydrogens is 328 g/mol. The minimum absolute atomic E-state index is 0.154. The normalized spacial score (nSPS) is 31.4. The third kappa shape index (κ3) is 2.13. The zero-order valence-electron chi connectivity index (χ0n) is 14.4. The lowest BCUT2D eigenvalue weighted by atomic mass is 9.85. The van der Waals surface area contributed by atoms with Gasteiger partial charge >= 0.3 is 0 Å². The van der Waals surface area contributed by atoms with Gasteiger partial charge in [-0.3, -0.25) is 19.3 Å². The fraction of sp³-hybridized carbons (Fsp3) is 0.381. The zero-order valence-corrected chi connectivity index (χ0v) is 14.4. The van der Waals surface area contributed by atoms with Crippen LogP contribution in [-0.2, 0) is 14.4 Å². The lowest BCUT2D eigenvalue weighted by Crippen LogP contribution is -2.44. The third-order valence-corrected chi connectivity index (χ3v) is 6.20. The predicted octanol–water partition coefficient (Wildman–Crippen LogP) is 2.24. The van der Waals surface area contributed by atoms with Crippen LogP contribution >= 0.6 is 0 Å². The Labute approximate surface area is 152 Å². The van der Waals surface area contributed by atoms with Crippen LogP contribution in [0.5, 0.6) is 0 Å². The molecule has 2 aliphatic carbocycles. The summed E-state index contributed by atoms with van der Waals surface area (Å²) in [6, 6.07) is 7.72. The Morgan fingerprint density at radius 2 is 1.73 bits per heavy atom. The third-order valence-electron chi connectivity index (χ3n) is 6.20. The number of rotatable bonds is 2. The molecule has 0 N–H and O–H groups in total. The number of carbonyl (C=O) groups excluding carboxylic acids is 3. The van der Waals surface area contributed by atoms with Crippen LogP contribution in [0.1, 0.15) is 18.4 Å². The lowest BCUT2D eigenvalue weighted by molar-refractivity contribution is -0.143. The number of likely N-dealkylation sites (tertiary alicyclic amines) is 1. The average Bonchev–Trinajstić information content (AvgIpc) is 3.27. The van der Waals surface area contributed by atoms with E-state index in [0.717, 1.165) is 24.1 Å². The molecule has 1 aromatic rings. The number of anilines is 1. The highest BCUT2D eigenvalue weighted by Gasteiger charge is 2.59. The summed E-state index contributed by atoms with van der Waals surface area (Å²) < 4.78 is 0. The Kier molecular flexibility index (Phi) is 3.39. The second-order valence-corrected chi connectivity index (χ2v) is 7.56. The number of hydrogen-bond acceptors (Lipinski definition) is 3. The molecule has 4 aliphatic rings. The predicted molar refractivity (Wildman–Crippen MR) is 96.9 cm³/mol. The molecule has 26 heavy (non-hydrogen) atoms. The molecule has 3 amide bonds. The second-order valence-electron chi connectivity index (χ2n) is 7.56. The molecule has 2 bridgehead atoms. The highest BCUT2D eigenvalue weighted by Crippen LogP contribution is 2.52. The first-order valence-corrected chi connectivity index (χ1v) is 9.24. The number of allylic oxidation sites excluding steroid dienone is 2. The van der Waals surface area contributed by atoms with Crippen LogP contribution in [0.25, 0.3) is 6.08 Å². The van der Waals surface area contributed by atoms with Crippen molar-refractivity contribution in [3.63, 3.8) is 0 Å². The Bertz CT molecular complexity index is 842. The second kappa shape index (κ2) is 5.66. The van der Waals surface area contributed by atoms with Gasteiger partial charge < -0.3 is 4.90 Å². The first kappa shape index (κ1) is 15.6. The van der Waals surface area contributed by atoms with Crippen molar-refractivity contribution in [3.8, 4) is 0 Å². The maximum atomic E-state index is 13.0. The van der Waals surface area contributed by atoms with Crippen molar-refractivity contribution in [2.75, 3.05) is 18.0 Å². The van der Waals surface area contributed by atoms with Crippen molar-refractivity contribution in [1.29, 1.82) is 0 Å². The monoisotopic (exact) mass is 348 g/mol. The number of hydrogen-bond donors (Lipinski definition) is 0. The molecule has 4 atom stereocenters. The van der Waals surface area contributed by atoms with E-state index in [9.17, 15) is 14.4 Å². The first-order chi connectivity index (χ1) is 12.6. The molecule has 0 unspecified atom stereocenters. The minimum Gasteiger partial charge on any atom is -0.310 e. The van der Waals surface area contributed by atoms with Gasteiger partial charge in [0.1, 0.15) is 6.54 Å². The van der Waals surface area contributed by atoms with Gasteiger partial charge in [-0.05, 0) is 36.3 Å². The van der Waals surface area contributed by atoms with Crippen LogP contribution < -0.4 is 4.90 Å². The molecule has 5 nitrogen and oxygen atoms in total. The Morgan fingerprint density at radius 3 is 2.46 bits per heavy atom. The maximum Gasteiger partial charge on any atom is 0.247 e. The van der Waals surface area contributed by atoms with Gasteiger partial charge in [0.05, 0.1) is 17.5 Å². The molecule has 5 rings (SSSR count). The van der Waals surface area contributed by atoms with E-state index in [1.54, 1.807) is 4.90 Å². The number of imide groups is 1. The first-order valence-electron chi connectivity index (χ1n) is 9.24. The summed E-state index contributed by atoms with van der Waals surface area (Å²) >= 11 is 0. The number of carbonyl (C=O) groups is 3. The van der Waals surface area contributed by atoms with E-state index in [1.807, 2.05) is 36.4 Å². The summed E-state index contributed by atoms with van der Waals surface area (Å²) in [5, 5.41) is 0. The maximum absolute atomic E-state index is 13.0. The number of fused-ring (bicyclic) bond motifs is 6. The van der Waals surface area contributed by atoms with Crippen molar-refractivity contribution in [3.05, 3.63) is 48.1 Å². The van der Waals surface area contributed by atoms with Gasteiger partial charge in [0, 0.05) is 6.54 Å². The lowest BCUT2D eigenvalue weighted by Gasteiger charge is -2.25. The van der Waals surface area contributed by atoms with Crippen LogP contribution in [0.2, 0.25) is 0 Å². The van der Waals surface area contributed by atoms with E-state index in [1.165, 1.54) is 4.90 Å². The van der Waals surface area contributed by atoms with E-state index in [-0.39, 0.29) is 47.9 Å². The average molecular weight is 348 g/mol. The van der Waals surface area contributed by atoms with Crippen LogP contribution in [0.4, 0.5) is 5.69 Å². The van der Waals surface area contributed by atoms with E-state index in [0.29, 0.717) is 6.54 Å². The smallest absolute Gasteiger partial charge is 0.247 e. The van der Waals surface area contributed by atoms with Gasteiger partial charge in [-0.2, -0.15) is 0 Å².